The van der Waals surface area contributed by atoms with Crippen LogP contribution in [0.25, 0.3) is 0 Å². The zero-order chi connectivity index (χ0) is 15.2. The molecule has 106 valence electrons. The van der Waals surface area contributed by atoms with E-state index in [0.717, 1.165) is 17.7 Å². The second-order valence-corrected chi connectivity index (χ2v) is 4.20. The highest BCUT2D eigenvalue weighted by atomic mass is 19.1. The van der Waals surface area contributed by atoms with Crippen LogP contribution in [0.2, 0.25) is 0 Å². The number of halogens is 2. The van der Waals surface area contributed by atoms with Gasteiger partial charge < -0.3 is 11.1 Å². The van der Waals surface area contributed by atoms with Crippen molar-refractivity contribution in [3.8, 4) is 11.8 Å². The molecule has 3 nitrogen and oxygen atoms in total. The predicted molar refractivity (Wildman–Crippen MR) is 76.7 cm³/mol. The molecule has 0 saturated heterocycles. The van der Waals surface area contributed by atoms with Crippen LogP contribution < -0.4 is 11.1 Å². The van der Waals surface area contributed by atoms with Crippen molar-refractivity contribution in [1.29, 1.82) is 0 Å². The molecule has 2 aromatic carbocycles. The Hall–Kier alpha value is -2.71. The Kier molecular flexibility index (Phi) is 4.64. The molecule has 3 N–H and O–H groups in total. The largest absolute Gasteiger partial charge is 0.322 e. The lowest BCUT2D eigenvalue weighted by atomic mass is 10.1. The van der Waals surface area contributed by atoms with Crippen LogP contribution in [-0.2, 0) is 0 Å². The number of hydrogen-bond donors (Lipinski definition) is 2. The fraction of sp³-hybridized carbons (Fsp3) is 0.0625. The minimum atomic E-state index is -0.799. The van der Waals surface area contributed by atoms with E-state index in [1.165, 1.54) is 0 Å². The van der Waals surface area contributed by atoms with E-state index in [2.05, 4.69) is 17.2 Å². The Labute approximate surface area is 120 Å². The first-order valence-corrected chi connectivity index (χ1v) is 6.15. The van der Waals surface area contributed by atoms with Gasteiger partial charge in [0.2, 0.25) is 0 Å². The third-order valence-corrected chi connectivity index (χ3v) is 2.60. The van der Waals surface area contributed by atoms with Gasteiger partial charge in [-0.2, -0.15) is 0 Å². The molecule has 0 heterocycles. The summed E-state index contributed by atoms with van der Waals surface area (Å²) in [5.41, 5.74) is 6.45. The molecule has 0 atom stereocenters. The summed E-state index contributed by atoms with van der Waals surface area (Å²) >= 11 is 0. The maximum absolute atomic E-state index is 13.1. The van der Waals surface area contributed by atoms with E-state index in [4.69, 9.17) is 5.73 Å². The van der Waals surface area contributed by atoms with Gasteiger partial charge in [-0.1, -0.05) is 11.8 Å². The summed E-state index contributed by atoms with van der Waals surface area (Å²) in [4.78, 5) is 11.9. The topological polar surface area (TPSA) is 55.1 Å². The van der Waals surface area contributed by atoms with Crippen LogP contribution in [0, 0.1) is 23.5 Å². The molecule has 21 heavy (non-hydrogen) atoms. The van der Waals surface area contributed by atoms with E-state index in [9.17, 15) is 13.6 Å². The molecule has 0 aliphatic heterocycles. The molecule has 0 saturated carbocycles. The second kappa shape index (κ2) is 6.64. The summed E-state index contributed by atoms with van der Waals surface area (Å²) in [6, 6.07) is 9.37. The third-order valence-electron chi connectivity index (χ3n) is 2.60. The molecular formula is C16H12F2N2O. The van der Waals surface area contributed by atoms with Crippen molar-refractivity contribution in [2.45, 2.75) is 0 Å². The van der Waals surface area contributed by atoms with Gasteiger partial charge in [0.15, 0.2) is 0 Å². The number of carbonyl (C=O) groups excluding carboxylic acids is 1. The van der Waals surface area contributed by atoms with Crippen molar-refractivity contribution in [1.82, 2.24) is 0 Å². The van der Waals surface area contributed by atoms with Gasteiger partial charge in [0.1, 0.15) is 11.6 Å². The van der Waals surface area contributed by atoms with E-state index in [1.54, 1.807) is 24.3 Å². The van der Waals surface area contributed by atoms with E-state index in [0.29, 0.717) is 11.8 Å². The number of benzene rings is 2. The van der Waals surface area contributed by atoms with Crippen molar-refractivity contribution < 1.29 is 13.6 Å². The number of nitrogens with one attached hydrogen (secondary N) is 1. The molecule has 0 unspecified atom stereocenters. The second-order valence-electron chi connectivity index (χ2n) is 4.20. The van der Waals surface area contributed by atoms with Gasteiger partial charge in [-0.25, -0.2) is 8.78 Å². The fourth-order valence-electron chi connectivity index (χ4n) is 1.68. The number of nitrogens with two attached hydrogens (primary N) is 1. The lowest BCUT2D eigenvalue weighted by Gasteiger charge is -2.05. The minimum Gasteiger partial charge on any atom is -0.322 e. The molecule has 5 heteroatoms. The first-order valence-electron chi connectivity index (χ1n) is 6.15. The molecule has 1 amide bonds. The average molecular weight is 286 g/mol. The number of anilines is 1. The van der Waals surface area contributed by atoms with E-state index in [-0.39, 0.29) is 12.1 Å². The minimum absolute atomic E-state index is 0.0838. The lowest BCUT2D eigenvalue weighted by Crippen LogP contribution is -2.12. The average Bonchev–Trinajstić information content (AvgIpc) is 2.45. The Morgan fingerprint density at radius 3 is 2.29 bits per heavy atom. The van der Waals surface area contributed by atoms with Crippen LogP contribution in [0.4, 0.5) is 14.5 Å². The smallest absolute Gasteiger partial charge is 0.255 e. The van der Waals surface area contributed by atoms with Crippen molar-refractivity contribution in [3.63, 3.8) is 0 Å². The number of rotatable bonds is 2. The monoisotopic (exact) mass is 286 g/mol. The van der Waals surface area contributed by atoms with Crippen molar-refractivity contribution in [3.05, 3.63) is 65.2 Å². The first-order chi connectivity index (χ1) is 10.1. The van der Waals surface area contributed by atoms with Gasteiger partial charge in [0, 0.05) is 22.9 Å². The molecule has 0 fully saturated rings. The first kappa shape index (κ1) is 14.7. The molecule has 0 bridgehead atoms. The fourth-order valence-corrected chi connectivity index (χ4v) is 1.68. The van der Waals surface area contributed by atoms with Crippen LogP contribution in [-0.4, -0.2) is 12.5 Å². The summed E-state index contributed by atoms with van der Waals surface area (Å²) in [6.07, 6.45) is 0. The Balaban J connectivity index is 2.12. The van der Waals surface area contributed by atoms with Crippen molar-refractivity contribution >= 4 is 11.6 Å². The summed E-state index contributed by atoms with van der Waals surface area (Å²) < 4.78 is 26.1. The Bertz CT molecular complexity index is 695. The van der Waals surface area contributed by atoms with Gasteiger partial charge in [-0.15, -0.1) is 0 Å². The van der Waals surface area contributed by atoms with Crippen molar-refractivity contribution in [2.75, 3.05) is 11.9 Å². The lowest BCUT2D eigenvalue weighted by molar-refractivity contribution is 0.102. The SMILES string of the molecule is NCC#Cc1ccc(NC(=O)c2cc(F)cc(F)c2)cc1. The number of carbonyl (C=O) groups is 1. The van der Waals surface area contributed by atoms with Gasteiger partial charge in [-0.3, -0.25) is 4.79 Å². The molecular weight excluding hydrogens is 274 g/mol. The molecule has 2 rings (SSSR count). The highest BCUT2D eigenvalue weighted by molar-refractivity contribution is 6.04. The Morgan fingerprint density at radius 2 is 1.71 bits per heavy atom. The van der Waals surface area contributed by atoms with Crippen molar-refractivity contribution in [2.24, 2.45) is 5.73 Å². The van der Waals surface area contributed by atoms with Gasteiger partial charge in [0.25, 0.3) is 5.91 Å². The van der Waals surface area contributed by atoms with E-state index < -0.39 is 17.5 Å². The number of amides is 1. The molecule has 0 radical (unpaired) electrons. The highest BCUT2D eigenvalue weighted by Crippen LogP contribution is 2.13. The summed E-state index contributed by atoms with van der Waals surface area (Å²) in [7, 11) is 0. The van der Waals surface area contributed by atoms with E-state index >= 15 is 0 Å². The molecule has 0 aromatic heterocycles. The quantitative estimate of drug-likeness (QED) is 0.834. The highest BCUT2D eigenvalue weighted by Gasteiger charge is 2.09. The van der Waals surface area contributed by atoms with Crippen LogP contribution >= 0.6 is 0 Å². The van der Waals surface area contributed by atoms with Gasteiger partial charge in [-0.05, 0) is 36.4 Å². The molecule has 2 aromatic rings. The summed E-state index contributed by atoms with van der Waals surface area (Å²) in [5.74, 6) is 3.37. The van der Waals surface area contributed by atoms with Crippen LogP contribution in [0.5, 0.6) is 0 Å². The van der Waals surface area contributed by atoms with Gasteiger partial charge >= 0.3 is 0 Å². The third kappa shape index (κ3) is 4.13. The zero-order valence-corrected chi connectivity index (χ0v) is 11.0. The Morgan fingerprint density at radius 1 is 1.10 bits per heavy atom. The normalized spacial score (nSPS) is 9.67. The standard InChI is InChI=1S/C16H12F2N2O/c17-13-8-12(9-14(18)10-13)16(21)20-15-5-3-11(4-6-15)2-1-7-19/h3-6,8-10H,7,19H2,(H,20,21). The maximum atomic E-state index is 13.1. The van der Waals surface area contributed by atoms with Crippen LogP contribution in [0.1, 0.15) is 15.9 Å². The predicted octanol–water partition coefficient (Wildman–Crippen LogP) is 2.53. The van der Waals surface area contributed by atoms with Crippen LogP contribution in [0.15, 0.2) is 42.5 Å². The van der Waals surface area contributed by atoms with Crippen LogP contribution in [0.3, 0.4) is 0 Å². The van der Waals surface area contributed by atoms with E-state index in [1.807, 2.05) is 0 Å². The zero-order valence-electron chi connectivity index (χ0n) is 11.0. The molecule has 0 spiro atoms. The molecule has 0 aliphatic rings. The molecule has 0 aliphatic carbocycles. The number of hydrogen-bond acceptors (Lipinski definition) is 2. The van der Waals surface area contributed by atoms with Gasteiger partial charge in [0.05, 0.1) is 6.54 Å². The summed E-state index contributed by atoms with van der Waals surface area (Å²) in [5, 5.41) is 2.55. The summed E-state index contributed by atoms with van der Waals surface area (Å²) in [6.45, 7) is 0.267. The maximum Gasteiger partial charge on any atom is 0.255 e.